The van der Waals surface area contributed by atoms with E-state index in [-0.39, 0.29) is 17.8 Å². The summed E-state index contributed by atoms with van der Waals surface area (Å²) in [6, 6.07) is 0. The van der Waals surface area contributed by atoms with Gasteiger partial charge in [-0.2, -0.15) is 0 Å². The average Bonchev–Trinajstić information content (AvgIpc) is 3.07. The molecule has 1 amide bonds. The topological polar surface area (TPSA) is 55.4 Å². The standard InChI is InChI=1S/C12H21NO3/c1-3-16-11(14)5-4-8-13-12(15)9(2)10-6-7-10/h9-10H,3-8H2,1-2H3,(H,13,15). The summed E-state index contributed by atoms with van der Waals surface area (Å²) in [5.74, 6) is 0.644. The fourth-order valence-electron chi connectivity index (χ4n) is 1.65. The number of ether oxygens (including phenoxy) is 1. The van der Waals surface area contributed by atoms with Gasteiger partial charge in [0, 0.05) is 18.9 Å². The van der Waals surface area contributed by atoms with Crippen molar-refractivity contribution in [2.24, 2.45) is 11.8 Å². The lowest BCUT2D eigenvalue weighted by Crippen LogP contribution is -2.31. The predicted octanol–water partition coefficient (Wildman–Crippen LogP) is 1.49. The smallest absolute Gasteiger partial charge is 0.305 e. The molecule has 1 rings (SSSR count). The Balaban J connectivity index is 2.01. The first kappa shape index (κ1) is 13.0. The molecule has 0 aliphatic heterocycles. The molecule has 1 atom stereocenters. The van der Waals surface area contributed by atoms with Gasteiger partial charge < -0.3 is 10.1 Å². The first-order chi connectivity index (χ1) is 7.65. The molecule has 92 valence electrons. The van der Waals surface area contributed by atoms with E-state index in [1.165, 1.54) is 12.8 Å². The van der Waals surface area contributed by atoms with E-state index < -0.39 is 0 Å². The summed E-state index contributed by atoms with van der Waals surface area (Å²) in [6.45, 7) is 4.74. The Kier molecular flexibility index (Phi) is 5.29. The van der Waals surface area contributed by atoms with Crippen LogP contribution in [0.15, 0.2) is 0 Å². The zero-order chi connectivity index (χ0) is 12.0. The van der Waals surface area contributed by atoms with Gasteiger partial charge in [-0.15, -0.1) is 0 Å². The molecule has 1 N–H and O–H groups in total. The van der Waals surface area contributed by atoms with Crippen LogP contribution in [-0.4, -0.2) is 25.0 Å². The van der Waals surface area contributed by atoms with Crippen molar-refractivity contribution in [1.82, 2.24) is 5.32 Å². The molecule has 0 aromatic carbocycles. The lowest BCUT2D eigenvalue weighted by Gasteiger charge is -2.10. The number of esters is 1. The van der Waals surface area contributed by atoms with E-state index in [0.717, 1.165) is 0 Å². The summed E-state index contributed by atoms with van der Waals surface area (Å²) in [4.78, 5) is 22.6. The molecule has 0 aromatic heterocycles. The van der Waals surface area contributed by atoms with E-state index in [2.05, 4.69) is 5.32 Å². The lowest BCUT2D eigenvalue weighted by atomic mass is 10.1. The number of amides is 1. The maximum absolute atomic E-state index is 11.6. The van der Waals surface area contributed by atoms with Crippen LogP contribution >= 0.6 is 0 Å². The Morgan fingerprint density at radius 2 is 2.12 bits per heavy atom. The number of nitrogens with one attached hydrogen (secondary N) is 1. The van der Waals surface area contributed by atoms with Gasteiger partial charge in [-0.25, -0.2) is 0 Å². The molecule has 1 fully saturated rings. The van der Waals surface area contributed by atoms with Gasteiger partial charge >= 0.3 is 5.97 Å². The van der Waals surface area contributed by atoms with Gasteiger partial charge in [0.25, 0.3) is 0 Å². The van der Waals surface area contributed by atoms with Crippen LogP contribution in [0.25, 0.3) is 0 Å². The first-order valence-corrected chi connectivity index (χ1v) is 6.08. The number of carbonyl (C=O) groups is 2. The largest absolute Gasteiger partial charge is 0.466 e. The Bertz CT molecular complexity index is 249. The molecule has 1 aliphatic carbocycles. The molecular weight excluding hydrogens is 206 g/mol. The Labute approximate surface area is 96.7 Å². The molecule has 0 radical (unpaired) electrons. The SMILES string of the molecule is CCOC(=O)CCCNC(=O)C(C)C1CC1. The average molecular weight is 227 g/mol. The zero-order valence-electron chi connectivity index (χ0n) is 10.1. The van der Waals surface area contributed by atoms with Gasteiger partial charge in [0.05, 0.1) is 6.61 Å². The van der Waals surface area contributed by atoms with E-state index in [9.17, 15) is 9.59 Å². The highest BCUT2D eigenvalue weighted by atomic mass is 16.5. The second-order valence-electron chi connectivity index (χ2n) is 4.33. The molecule has 0 aromatic rings. The fourth-order valence-corrected chi connectivity index (χ4v) is 1.65. The molecule has 4 heteroatoms. The Morgan fingerprint density at radius 1 is 1.44 bits per heavy atom. The van der Waals surface area contributed by atoms with Crippen LogP contribution in [0.4, 0.5) is 0 Å². The molecule has 0 heterocycles. The molecular formula is C12H21NO3. The van der Waals surface area contributed by atoms with Crippen molar-refractivity contribution >= 4 is 11.9 Å². The third kappa shape index (κ3) is 4.64. The number of rotatable bonds is 7. The maximum atomic E-state index is 11.6. The van der Waals surface area contributed by atoms with Crippen LogP contribution in [0.5, 0.6) is 0 Å². The van der Waals surface area contributed by atoms with E-state index >= 15 is 0 Å². The third-order valence-corrected chi connectivity index (χ3v) is 2.90. The number of hydrogen-bond acceptors (Lipinski definition) is 3. The van der Waals surface area contributed by atoms with Crippen molar-refractivity contribution in [3.8, 4) is 0 Å². The second kappa shape index (κ2) is 6.51. The van der Waals surface area contributed by atoms with Crippen molar-refractivity contribution in [2.45, 2.75) is 39.5 Å². The minimum absolute atomic E-state index is 0.117. The highest BCUT2D eigenvalue weighted by Crippen LogP contribution is 2.36. The van der Waals surface area contributed by atoms with Gasteiger partial charge in [-0.05, 0) is 32.1 Å². The Hall–Kier alpha value is -1.06. The summed E-state index contributed by atoms with van der Waals surface area (Å²) in [7, 11) is 0. The zero-order valence-corrected chi connectivity index (χ0v) is 10.1. The van der Waals surface area contributed by atoms with Crippen LogP contribution in [0.1, 0.15) is 39.5 Å². The van der Waals surface area contributed by atoms with E-state index in [1.807, 2.05) is 6.92 Å². The minimum atomic E-state index is -0.188. The molecule has 1 aliphatic rings. The van der Waals surface area contributed by atoms with Gasteiger partial charge in [0.2, 0.25) is 5.91 Å². The number of hydrogen-bond donors (Lipinski definition) is 1. The summed E-state index contributed by atoms with van der Waals surface area (Å²) >= 11 is 0. The van der Waals surface area contributed by atoms with E-state index in [4.69, 9.17) is 4.74 Å². The van der Waals surface area contributed by atoms with Crippen LogP contribution in [0.2, 0.25) is 0 Å². The normalized spacial score (nSPS) is 16.6. The minimum Gasteiger partial charge on any atom is -0.466 e. The third-order valence-electron chi connectivity index (χ3n) is 2.90. The summed E-state index contributed by atoms with van der Waals surface area (Å²) in [5, 5.41) is 2.85. The summed E-state index contributed by atoms with van der Waals surface area (Å²) in [5.41, 5.74) is 0. The Morgan fingerprint density at radius 3 is 2.69 bits per heavy atom. The van der Waals surface area contributed by atoms with Crippen molar-refractivity contribution in [2.75, 3.05) is 13.2 Å². The van der Waals surface area contributed by atoms with Gasteiger partial charge in [0.1, 0.15) is 0 Å². The van der Waals surface area contributed by atoms with Crippen molar-refractivity contribution in [3.63, 3.8) is 0 Å². The molecule has 0 bridgehead atoms. The van der Waals surface area contributed by atoms with Crippen LogP contribution < -0.4 is 5.32 Å². The summed E-state index contributed by atoms with van der Waals surface area (Å²) in [6.07, 6.45) is 3.39. The summed E-state index contributed by atoms with van der Waals surface area (Å²) < 4.78 is 4.79. The van der Waals surface area contributed by atoms with E-state index in [1.54, 1.807) is 6.92 Å². The second-order valence-corrected chi connectivity index (χ2v) is 4.33. The first-order valence-electron chi connectivity index (χ1n) is 6.08. The molecule has 16 heavy (non-hydrogen) atoms. The van der Waals surface area contributed by atoms with Crippen LogP contribution in [0, 0.1) is 11.8 Å². The molecule has 4 nitrogen and oxygen atoms in total. The fraction of sp³-hybridized carbons (Fsp3) is 0.833. The molecule has 0 saturated heterocycles. The van der Waals surface area contributed by atoms with Gasteiger partial charge in [-0.3, -0.25) is 9.59 Å². The molecule has 1 unspecified atom stereocenters. The van der Waals surface area contributed by atoms with Gasteiger partial charge in [0.15, 0.2) is 0 Å². The maximum Gasteiger partial charge on any atom is 0.305 e. The van der Waals surface area contributed by atoms with Gasteiger partial charge in [-0.1, -0.05) is 6.92 Å². The van der Waals surface area contributed by atoms with Crippen molar-refractivity contribution in [1.29, 1.82) is 0 Å². The highest BCUT2D eigenvalue weighted by molar-refractivity contribution is 5.78. The van der Waals surface area contributed by atoms with Crippen LogP contribution in [-0.2, 0) is 14.3 Å². The predicted molar refractivity (Wildman–Crippen MR) is 60.8 cm³/mol. The molecule has 0 spiro atoms. The monoisotopic (exact) mass is 227 g/mol. The molecule has 1 saturated carbocycles. The van der Waals surface area contributed by atoms with Crippen molar-refractivity contribution < 1.29 is 14.3 Å². The lowest BCUT2D eigenvalue weighted by molar-refractivity contribution is -0.143. The quantitative estimate of drug-likeness (QED) is 0.529. The van der Waals surface area contributed by atoms with Crippen molar-refractivity contribution in [3.05, 3.63) is 0 Å². The van der Waals surface area contributed by atoms with E-state index in [0.29, 0.717) is 31.9 Å². The number of carbonyl (C=O) groups excluding carboxylic acids is 2. The van der Waals surface area contributed by atoms with Crippen LogP contribution in [0.3, 0.4) is 0 Å². The highest BCUT2D eigenvalue weighted by Gasteiger charge is 2.32.